The molecule has 0 saturated carbocycles. The number of imidazole rings is 1. The molecule has 1 amide bonds. The number of aryl methyl sites for hydroxylation is 2. The Hall–Kier alpha value is -2.91. The molecular formula is C25H34N4O4S. The van der Waals surface area contributed by atoms with Crippen molar-refractivity contribution in [2.24, 2.45) is 0 Å². The number of nitrogens with zero attached hydrogens (tertiary/aromatic N) is 3. The van der Waals surface area contributed by atoms with Crippen molar-refractivity contribution in [3.63, 3.8) is 0 Å². The zero-order chi connectivity index (χ0) is 24.7. The highest BCUT2D eigenvalue weighted by atomic mass is 32.2. The molecule has 3 rings (SSSR count). The highest BCUT2D eigenvalue weighted by Crippen LogP contribution is 2.25. The number of rotatable bonds is 12. The lowest BCUT2D eigenvalue weighted by Crippen LogP contribution is -2.30. The van der Waals surface area contributed by atoms with Gasteiger partial charge in [-0.1, -0.05) is 32.9 Å². The van der Waals surface area contributed by atoms with Gasteiger partial charge in [-0.25, -0.2) is 13.4 Å². The number of amides is 1. The van der Waals surface area contributed by atoms with E-state index in [1.807, 2.05) is 51.1 Å². The van der Waals surface area contributed by atoms with Gasteiger partial charge in [-0.2, -0.15) is 4.31 Å². The second kappa shape index (κ2) is 11.5. The predicted octanol–water partition coefficient (Wildman–Crippen LogP) is 4.45. The minimum atomic E-state index is -3.57. The van der Waals surface area contributed by atoms with E-state index in [9.17, 15) is 13.2 Å². The van der Waals surface area contributed by atoms with Crippen LogP contribution in [0.2, 0.25) is 0 Å². The summed E-state index contributed by atoms with van der Waals surface area (Å²) < 4.78 is 35.0. The summed E-state index contributed by atoms with van der Waals surface area (Å²) in [5.74, 6) is 1.27. The molecular weight excluding hydrogens is 452 g/mol. The second-order valence-corrected chi connectivity index (χ2v) is 9.83. The van der Waals surface area contributed by atoms with Crippen LogP contribution < -0.4 is 10.1 Å². The van der Waals surface area contributed by atoms with Crippen molar-refractivity contribution in [3.8, 4) is 5.75 Å². The first kappa shape index (κ1) is 25.7. The zero-order valence-electron chi connectivity index (χ0n) is 20.4. The third-order valence-corrected chi connectivity index (χ3v) is 7.67. The van der Waals surface area contributed by atoms with Crippen molar-refractivity contribution in [2.45, 2.75) is 58.4 Å². The maximum Gasteiger partial charge on any atom is 0.243 e. The van der Waals surface area contributed by atoms with E-state index in [1.165, 1.54) is 4.31 Å². The highest BCUT2D eigenvalue weighted by Gasteiger charge is 2.23. The third kappa shape index (κ3) is 5.59. The minimum Gasteiger partial charge on any atom is -0.492 e. The Labute approximate surface area is 202 Å². The van der Waals surface area contributed by atoms with Crippen LogP contribution in [0.4, 0.5) is 5.69 Å². The van der Waals surface area contributed by atoms with E-state index in [0.29, 0.717) is 43.1 Å². The molecule has 0 aliphatic rings. The molecule has 0 aliphatic heterocycles. The molecule has 2 aromatic carbocycles. The monoisotopic (exact) mass is 486 g/mol. The van der Waals surface area contributed by atoms with Crippen LogP contribution in [0.25, 0.3) is 11.0 Å². The fourth-order valence-electron chi connectivity index (χ4n) is 3.99. The summed E-state index contributed by atoms with van der Waals surface area (Å²) in [5, 5.41) is 2.92. The number of aromatic nitrogens is 2. The number of nitrogens with one attached hydrogen (secondary N) is 1. The minimum absolute atomic E-state index is 0.132. The average Bonchev–Trinajstić information content (AvgIpc) is 3.17. The number of sulfonamides is 1. The first-order valence-corrected chi connectivity index (χ1v) is 13.3. The summed E-state index contributed by atoms with van der Waals surface area (Å²) in [4.78, 5) is 17.6. The molecule has 0 fully saturated rings. The number of fused-ring (bicyclic) bond motifs is 1. The summed E-state index contributed by atoms with van der Waals surface area (Å²) in [6.07, 6.45) is 1.58. The van der Waals surface area contributed by atoms with Crippen molar-refractivity contribution in [3.05, 3.63) is 48.3 Å². The number of hydrogen-bond acceptors (Lipinski definition) is 5. The van der Waals surface area contributed by atoms with Gasteiger partial charge >= 0.3 is 0 Å². The van der Waals surface area contributed by atoms with Crippen LogP contribution in [-0.2, 0) is 27.8 Å². The number of carbonyl (C=O) groups is 1. The number of carbonyl (C=O) groups excluding carboxylic acids is 1. The molecule has 0 unspecified atom stereocenters. The van der Waals surface area contributed by atoms with Crippen LogP contribution in [0.5, 0.6) is 5.75 Å². The van der Waals surface area contributed by atoms with Crippen molar-refractivity contribution < 1.29 is 17.9 Å². The molecule has 3 aromatic rings. The maximum atomic E-state index is 12.9. The predicted molar refractivity (Wildman–Crippen MR) is 135 cm³/mol. The molecule has 0 spiro atoms. The molecule has 0 saturated heterocycles. The molecule has 8 nitrogen and oxygen atoms in total. The first-order valence-electron chi connectivity index (χ1n) is 11.9. The summed E-state index contributed by atoms with van der Waals surface area (Å²) in [6, 6.07) is 12.4. The van der Waals surface area contributed by atoms with E-state index >= 15 is 0 Å². The Balaban J connectivity index is 1.83. The van der Waals surface area contributed by atoms with Gasteiger partial charge in [0.2, 0.25) is 15.9 Å². The SMILES string of the molecule is CCCn1c(CCC(=O)Nc2ccccc2OCC)nc2cc(S(=O)(=O)N(CC)CC)ccc21. The topological polar surface area (TPSA) is 93.5 Å². The van der Waals surface area contributed by atoms with Crippen LogP contribution in [0.15, 0.2) is 47.4 Å². The number of anilines is 1. The molecule has 0 radical (unpaired) electrons. The van der Waals surface area contributed by atoms with E-state index in [4.69, 9.17) is 9.72 Å². The quantitative estimate of drug-likeness (QED) is 0.408. The van der Waals surface area contributed by atoms with Crippen molar-refractivity contribution in [1.29, 1.82) is 0 Å². The van der Waals surface area contributed by atoms with E-state index < -0.39 is 10.0 Å². The molecule has 1 N–H and O–H groups in total. The summed E-state index contributed by atoms with van der Waals surface area (Å²) >= 11 is 0. The summed E-state index contributed by atoms with van der Waals surface area (Å²) in [7, 11) is -3.57. The van der Waals surface area contributed by atoms with Crippen molar-refractivity contribution >= 4 is 32.7 Å². The number of ether oxygens (including phenoxy) is 1. The van der Waals surface area contributed by atoms with Gasteiger partial charge in [-0.3, -0.25) is 4.79 Å². The molecule has 0 aliphatic carbocycles. The number of para-hydroxylation sites is 2. The lowest BCUT2D eigenvalue weighted by molar-refractivity contribution is -0.116. The van der Waals surface area contributed by atoms with Gasteiger partial charge in [-0.05, 0) is 43.7 Å². The van der Waals surface area contributed by atoms with Crippen LogP contribution in [0, 0.1) is 0 Å². The van der Waals surface area contributed by atoms with Crippen LogP contribution in [0.3, 0.4) is 0 Å². The highest BCUT2D eigenvalue weighted by molar-refractivity contribution is 7.89. The van der Waals surface area contributed by atoms with Gasteiger partial charge in [0.25, 0.3) is 0 Å². The van der Waals surface area contributed by atoms with Crippen LogP contribution in [-0.4, -0.2) is 47.9 Å². The standard InChI is InChI=1S/C25H34N4O4S/c1-5-17-29-22-14-13-19(34(31,32)28(6-2)7-3)18-21(22)26-24(29)15-16-25(30)27-20-11-9-10-12-23(20)33-8-4/h9-14,18H,5-8,15-17H2,1-4H3,(H,27,30). The third-order valence-electron chi connectivity index (χ3n) is 5.63. The number of benzene rings is 2. The molecule has 184 valence electrons. The Morgan fingerprint density at radius 3 is 2.50 bits per heavy atom. The Morgan fingerprint density at radius 1 is 1.09 bits per heavy atom. The van der Waals surface area contributed by atoms with E-state index in [0.717, 1.165) is 24.3 Å². The summed E-state index contributed by atoms with van der Waals surface area (Å²) in [6.45, 7) is 9.70. The van der Waals surface area contributed by atoms with Gasteiger partial charge in [0, 0.05) is 32.5 Å². The molecule has 1 aromatic heterocycles. The first-order chi connectivity index (χ1) is 16.3. The van der Waals surface area contributed by atoms with Crippen molar-refractivity contribution in [2.75, 3.05) is 25.0 Å². The molecule has 0 bridgehead atoms. The van der Waals surface area contributed by atoms with E-state index in [2.05, 4.69) is 16.8 Å². The van der Waals surface area contributed by atoms with Gasteiger partial charge in [0.1, 0.15) is 11.6 Å². The van der Waals surface area contributed by atoms with E-state index in [-0.39, 0.29) is 17.2 Å². The van der Waals surface area contributed by atoms with Crippen LogP contribution >= 0.6 is 0 Å². The summed E-state index contributed by atoms with van der Waals surface area (Å²) in [5.41, 5.74) is 2.14. The molecule has 34 heavy (non-hydrogen) atoms. The van der Waals surface area contributed by atoms with Gasteiger partial charge in [0.15, 0.2) is 0 Å². The lowest BCUT2D eigenvalue weighted by Gasteiger charge is -2.18. The smallest absolute Gasteiger partial charge is 0.243 e. The number of hydrogen-bond donors (Lipinski definition) is 1. The molecule has 9 heteroatoms. The van der Waals surface area contributed by atoms with Crippen molar-refractivity contribution in [1.82, 2.24) is 13.9 Å². The lowest BCUT2D eigenvalue weighted by atomic mass is 10.2. The molecule has 0 atom stereocenters. The largest absolute Gasteiger partial charge is 0.492 e. The maximum absolute atomic E-state index is 12.9. The van der Waals surface area contributed by atoms with Gasteiger partial charge < -0.3 is 14.6 Å². The second-order valence-electron chi connectivity index (χ2n) is 7.90. The Kier molecular flexibility index (Phi) is 8.68. The fraction of sp³-hybridized carbons (Fsp3) is 0.440. The zero-order valence-corrected chi connectivity index (χ0v) is 21.2. The van der Waals surface area contributed by atoms with Gasteiger partial charge in [0.05, 0.1) is 28.2 Å². The van der Waals surface area contributed by atoms with Gasteiger partial charge in [-0.15, -0.1) is 0 Å². The average molecular weight is 487 g/mol. The molecule has 1 heterocycles. The van der Waals surface area contributed by atoms with E-state index in [1.54, 1.807) is 12.1 Å². The Bertz CT molecular complexity index is 1230. The Morgan fingerprint density at radius 2 is 1.82 bits per heavy atom. The normalized spacial score (nSPS) is 11.8. The fourth-order valence-corrected chi connectivity index (χ4v) is 5.46. The van der Waals surface area contributed by atoms with Crippen LogP contribution in [0.1, 0.15) is 46.4 Å².